The molecule has 2 aromatic heterocycles. The fourth-order valence-electron chi connectivity index (χ4n) is 6.06. The van der Waals surface area contributed by atoms with E-state index in [1.165, 1.54) is 30.2 Å². The number of nitro groups is 1. The number of aromatic carboxylic acids is 1. The van der Waals surface area contributed by atoms with Gasteiger partial charge in [0.25, 0.3) is 5.69 Å². The van der Waals surface area contributed by atoms with E-state index in [0.717, 1.165) is 34.0 Å². The van der Waals surface area contributed by atoms with E-state index in [1.54, 1.807) is 17.0 Å². The molecular formula is C38H49N5O6S. The molecule has 1 amide bonds. The summed E-state index contributed by atoms with van der Waals surface area (Å²) in [6.45, 7) is 14.4. The van der Waals surface area contributed by atoms with Crippen LogP contribution in [0.4, 0.5) is 11.4 Å². The molecule has 1 unspecified atom stereocenters. The van der Waals surface area contributed by atoms with Crippen molar-refractivity contribution in [2.45, 2.75) is 80.2 Å². The first-order valence-electron chi connectivity index (χ1n) is 17.4. The Morgan fingerprint density at radius 1 is 1.04 bits per heavy atom. The third kappa shape index (κ3) is 9.85. The molecule has 0 saturated carbocycles. The van der Waals surface area contributed by atoms with Crippen LogP contribution in [0.5, 0.6) is 0 Å². The number of aromatic nitrogens is 2. The summed E-state index contributed by atoms with van der Waals surface area (Å²) in [6.07, 6.45) is 5.35. The molecule has 12 heteroatoms. The maximum atomic E-state index is 13.6. The summed E-state index contributed by atoms with van der Waals surface area (Å²) in [5.74, 6) is -0.846. The van der Waals surface area contributed by atoms with Crippen molar-refractivity contribution in [1.82, 2.24) is 14.9 Å². The number of nitro benzene ring substituents is 1. The average Bonchev–Trinajstić information content (AvgIpc) is 3.45. The molecule has 1 fully saturated rings. The summed E-state index contributed by atoms with van der Waals surface area (Å²) in [7, 11) is 0. The largest absolute Gasteiger partial charge is 0.478 e. The zero-order valence-corrected chi connectivity index (χ0v) is 30.8. The Bertz CT molecular complexity index is 1800. The second kappa shape index (κ2) is 18.0. The van der Waals surface area contributed by atoms with Crippen LogP contribution in [0.1, 0.15) is 85.6 Å². The monoisotopic (exact) mass is 703 g/mol. The van der Waals surface area contributed by atoms with Crippen molar-refractivity contribution in [3.05, 3.63) is 80.0 Å². The molecule has 3 heterocycles. The average molecular weight is 704 g/mol. The molecule has 1 aliphatic rings. The van der Waals surface area contributed by atoms with E-state index in [4.69, 9.17) is 9.72 Å². The highest BCUT2D eigenvalue weighted by molar-refractivity contribution is 7.15. The van der Waals surface area contributed by atoms with Gasteiger partial charge in [-0.2, -0.15) is 0 Å². The number of non-ortho nitro benzene ring substituents is 1. The van der Waals surface area contributed by atoms with Gasteiger partial charge >= 0.3 is 5.97 Å². The Morgan fingerprint density at radius 3 is 2.36 bits per heavy atom. The third-order valence-electron chi connectivity index (χ3n) is 8.75. The van der Waals surface area contributed by atoms with E-state index in [0.29, 0.717) is 61.0 Å². The lowest BCUT2D eigenvalue weighted by Gasteiger charge is -2.32. The molecule has 1 saturated heterocycles. The number of ether oxygens (including phenoxy) is 1. The number of benzene rings is 2. The van der Waals surface area contributed by atoms with Gasteiger partial charge in [-0.25, -0.2) is 14.8 Å². The third-order valence-corrected chi connectivity index (χ3v) is 9.85. The van der Waals surface area contributed by atoms with Crippen molar-refractivity contribution in [2.24, 2.45) is 5.92 Å². The summed E-state index contributed by atoms with van der Waals surface area (Å²) in [5, 5.41) is 23.7. The van der Waals surface area contributed by atoms with E-state index in [2.05, 4.69) is 32.7 Å². The number of carboxylic acid groups (broad SMARTS) is 1. The SMILES string of the molecule is CCCC.CCCC(C)Cc1ccc(C(=O)O)cc1N(CC(=O)N1CCOCC1)Cc1cc([N+](=O)[O-])c2nc(-c3sc(C)nc3C)ccc2c1. The lowest BCUT2D eigenvalue weighted by atomic mass is 9.94. The van der Waals surface area contributed by atoms with Crippen LogP contribution >= 0.6 is 11.3 Å². The molecule has 11 nitrogen and oxygen atoms in total. The summed E-state index contributed by atoms with van der Waals surface area (Å²) in [4.78, 5) is 51.3. The first-order chi connectivity index (χ1) is 23.9. The van der Waals surface area contributed by atoms with Crippen LogP contribution in [0.2, 0.25) is 0 Å². The minimum Gasteiger partial charge on any atom is -0.478 e. The predicted molar refractivity (Wildman–Crippen MR) is 199 cm³/mol. The molecule has 1 aliphatic heterocycles. The minimum absolute atomic E-state index is 0.0226. The Hall–Kier alpha value is -4.42. The molecule has 0 radical (unpaired) electrons. The Labute approximate surface area is 298 Å². The summed E-state index contributed by atoms with van der Waals surface area (Å²) in [5.41, 5.74) is 3.87. The number of fused-ring (bicyclic) bond motifs is 1. The van der Waals surface area contributed by atoms with Crippen molar-refractivity contribution < 1.29 is 24.4 Å². The van der Waals surface area contributed by atoms with Crippen LogP contribution in [0.3, 0.4) is 0 Å². The molecule has 0 aliphatic carbocycles. The number of unbranched alkanes of at least 4 members (excludes halogenated alkanes) is 1. The van der Waals surface area contributed by atoms with Gasteiger partial charge in [0.05, 0.1) is 51.5 Å². The van der Waals surface area contributed by atoms with Crippen LogP contribution in [0.15, 0.2) is 42.5 Å². The van der Waals surface area contributed by atoms with Gasteiger partial charge in [0.2, 0.25) is 5.91 Å². The van der Waals surface area contributed by atoms with Gasteiger partial charge < -0.3 is 19.6 Å². The number of carboxylic acids is 1. The number of hydrogen-bond acceptors (Lipinski definition) is 9. The number of amides is 1. The van der Waals surface area contributed by atoms with Crippen molar-refractivity contribution in [1.29, 1.82) is 0 Å². The first kappa shape index (κ1) is 38.4. The van der Waals surface area contributed by atoms with Gasteiger partial charge in [-0.05, 0) is 61.6 Å². The Kier molecular flexibility index (Phi) is 13.8. The van der Waals surface area contributed by atoms with E-state index in [-0.39, 0.29) is 35.8 Å². The van der Waals surface area contributed by atoms with Crippen LogP contribution < -0.4 is 4.90 Å². The van der Waals surface area contributed by atoms with Gasteiger partial charge in [-0.15, -0.1) is 11.3 Å². The molecule has 5 rings (SSSR count). The summed E-state index contributed by atoms with van der Waals surface area (Å²) >= 11 is 1.49. The predicted octanol–water partition coefficient (Wildman–Crippen LogP) is 8.23. The zero-order chi connectivity index (χ0) is 36.4. The highest BCUT2D eigenvalue weighted by Crippen LogP contribution is 2.34. The maximum Gasteiger partial charge on any atom is 0.335 e. The van der Waals surface area contributed by atoms with Crippen LogP contribution in [-0.2, 0) is 22.5 Å². The number of rotatable bonds is 13. The van der Waals surface area contributed by atoms with Crippen molar-refractivity contribution in [3.63, 3.8) is 0 Å². The number of hydrogen-bond donors (Lipinski definition) is 1. The number of pyridine rings is 1. The van der Waals surface area contributed by atoms with Crippen molar-refractivity contribution in [3.8, 4) is 10.6 Å². The van der Waals surface area contributed by atoms with Crippen LogP contribution in [-0.4, -0.2) is 69.6 Å². The summed E-state index contributed by atoms with van der Waals surface area (Å²) < 4.78 is 5.44. The molecule has 2 aromatic carbocycles. The van der Waals surface area contributed by atoms with Gasteiger partial charge in [-0.3, -0.25) is 14.9 Å². The van der Waals surface area contributed by atoms with E-state index >= 15 is 0 Å². The fourth-order valence-corrected chi connectivity index (χ4v) is 6.95. The molecule has 268 valence electrons. The van der Waals surface area contributed by atoms with Crippen molar-refractivity contribution >= 4 is 45.5 Å². The van der Waals surface area contributed by atoms with Crippen LogP contribution in [0.25, 0.3) is 21.5 Å². The smallest absolute Gasteiger partial charge is 0.335 e. The molecular weight excluding hydrogens is 655 g/mol. The van der Waals surface area contributed by atoms with Gasteiger partial charge in [0.1, 0.15) is 5.52 Å². The molecule has 1 N–H and O–H groups in total. The second-order valence-electron chi connectivity index (χ2n) is 12.9. The van der Waals surface area contributed by atoms with E-state index in [9.17, 15) is 24.8 Å². The molecule has 0 bridgehead atoms. The number of thiazole rings is 1. The topological polar surface area (TPSA) is 139 Å². The zero-order valence-electron chi connectivity index (χ0n) is 30.0. The highest BCUT2D eigenvalue weighted by atomic mass is 32.1. The summed E-state index contributed by atoms with van der Waals surface area (Å²) in [6, 6.07) is 12.1. The van der Waals surface area contributed by atoms with Crippen molar-refractivity contribution in [2.75, 3.05) is 37.7 Å². The van der Waals surface area contributed by atoms with E-state index < -0.39 is 10.9 Å². The minimum atomic E-state index is -1.07. The van der Waals surface area contributed by atoms with Gasteiger partial charge in [-0.1, -0.05) is 65.5 Å². The number of carbonyl (C=O) groups is 2. The Morgan fingerprint density at radius 2 is 1.76 bits per heavy atom. The Balaban J connectivity index is 0.00000133. The maximum absolute atomic E-state index is 13.6. The number of carbonyl (C=O) groups excluding carboxylic acids is 1. The fraction of sp³-hybridized carbons (Fsp3) is 0.474. The molecule has 1 atom stereocenters. The molecule has 4 aromatic rings. The first-order valence-corrected chi connectivity index (χ1v) is 18.3. The number of nitrogens with zero attached hydrogens (tertiary/aromatic N) is 5. The molecule has 0 spiro atoms. The number of aryl methyl sites for hydroxylation is 2. The van der Waals surface area contributed by atoms with Crippen LogP contribution in [0, 0.1) is 29.9 Å². The lowest BCUT2D eigenvalue weighted by molar-refractivity contribution is -0.383. The molecule has 50 heavy (non-hydrogen) atoms. The standard InChI is InChI=1S/C34H39N5O6S.C4H10/c1-5-6-21(2)15-25-7-8-27(34(41)42)18-29(25)38(20-31(40)37-11-13-45-14-12-37)19-24-16-26-9-10-28(33-22(3)35-23(4)46-33)36-32(26)30(17-24)39(43)44;1-3-4-2/h7-10,16-18,21H,5-6,11-15,19-20H2,1-4H3,(H,41,42);3-4H2,1-2H3. The van der Waals surface area contributed by atoms with E-state index in [1.807, 2.05) is 43.0 Å². The quantitative estimate of drug-likeness (QED) is 0.108. The normalized spacial score (nSPS) is 13.4. The second-order valence-corrected chi connectivity index (χ2v) is 14.1. The lowest BCUT2D eigenvalue weighted by Crippen LogP contribution is -2.46. The number of morpholine rings is 1. The highest BCUT2D eigenvalue weighted by Gasteiger charge is 2.25. The van der Waals surface area contributed by atoms with Gasteiger partial charge in [0, 0.05) is 36.8 Å². The van der Waals surface area contributed by atoms with Gasteiger partial charge in [0.15, 0.2) is 0 Å². The number of anilines is 1.